The zero-order valence-corrected chi connectivity index (χ0v) is 14.0. The number of nitrogens with zero attached hydrogens (tertiary/aromatic N) is 1. The van der Waals surface area contributed by atoms with Gasteiger partial charge in [-0.3, -0.25) is 9.69 Å². The van der Waals surface area contributed by atoms with Gasteiger partial charge in [0.25, 0.3) is 5.12 Å². The van der Waals surface area contributed by atoms with Crippen molar-refractivity contribution in [2.75, 3.05) is 26.5 Å². The van der Waals surface area contributed by atoms with Crippen LogP contribution in [0.4, 0.5) is 0 Å². The van der Waals surface area contributed by atoms with Gasteiger partial charge in [0.15, 0.2) is 0 Å². The highest BCUT2D eigenvalue weighted by atomic mass is 32.2. The van der Waals surface area contributed by atoms with Crippen molar-refractivity contribution >= 4 is 16.9 Å². The van der Waals surface area contributed by atoms with Crippen LogP contribution in [0.2, 0.25) is 0 Å². The van der Waals surface area contributed by atoms with Crippen molar-refractivity contribution in [3.8, 4) is 11.8 Å². The smallest absolute Gasteiger partial charge is 0.262 e. The maximum absolute atomic E-state index is 11.2. The highest BCUT2D eigenvalue weighted by Crippen LogP contribution is 2.11. The minimum Gasteiger partial charge on any atom is -0.375 e. The highest BCUT2D eigenvalue weighted by Gasteiger charge is 2.20. The van der Waals surface area contributed by atoms with Crippen LogP contribution in [0.1, 0.15) is 19.4 Å². The van der Waals surface area contributed by atoms with Gasteiger partial charge in [-0.1, -0.05) is 48.0 Å². The van der Waals surface area contributed by atoms with Crippen LogP contribution in [0.15, 0.2) is 30.3 Å². The summed E-state index contributed by atoms with van der Waals surface area (Å²) in [5.41, 5.74) is 0.825. The molecule has 0 N–H and O–H groups in total. The lowest BCUT2D eigenvalue weighted by Crippen LogP contribution is -2.41. The molecule has 21 heavy (non-hydrogen) atoms. The minimum atomic E-state index is -0.346. The van der Waals surface area contributed by atoms with E-state index in [9.17, 15) is 4.79 Å². The topological polar surface area (TPSA) is 29.5 Å². The first-order valence-electron chi connectivity index (χ1n) is 6.90. The molecule has 1 aromatic carbocycles. The Bertz CT molecular complexity index is 503. The first-order chi connectivity index (χ1) is 9.95. The number of carbonyl (C=O) groups is 1. The predicted molar refractivity (Wildman–Crippen MR) is 89.1 cm³/mol. The van der Waals surface area contributed by atoms with Gasteiger partial charge in [0.05, 0.1) is 18.8 Å². The molecule has 114 valence electrons. The van der Waals surface area contributed by atoms with Crippen LogP contribution in [-0.2, 0) is 16.1 Å². The van der Waals surface area contributed by atoms with E-state index in [0.29, 0.717) is 13.2 Å². The summed E-state index contributed by atoms with van der Waals surface area (Å²) in [5, 5.41) is -0.100. The average molecular weight is 305 g/mol. The molecule has 0 unspecified atom stereocenters. The number of benzene rings is 1. The summed E-state index contributed by atoms with van der Waals surface area (Å²) in [5.74, 6) is 5.68. The summed E-state index contributed by atoms with van der Waals surface area (Å²) in [6, 6.07) is 10.1. The van der Waals surface area contributed by atoms with E-state index in [-0.39, 0.29) is 10.7 Å². The van der Waals surface area contributed by atoms with E-state index in [0.717, 1.165) is 18.3 Å². The fraction of sp³-hybridized carbons (Fsp3) is 0.471. The zero-order valence-electron chi connectivity index (χ0n) is 13.2. The van der Waals surface area contributed by atoms with Crippen molar-refractivity contribution in [1.82, 2.24) is 4.90 Å². The Morgan fingerprint density at radius 2 is 2.00 bits per heavy atom. The molecule has 0 radical (unpaired) electrons. The molecule has 0 aliphatic heterocycles. The summed E-state index contributed by atoms with van der Waals surface area (Å²) in [7, 11) is 1.99. The first kappa shape index (κ1) is 17.8. The molecule has 4 heteroatoms. The van der Waals surface area contributed by atoms with Crippen LogP contribution in [0, 0.1) is 11.8 Å². The van der Waals surface area contributed by atoms with E-state index < -0.39 is 0 Å². The van der Waals surface area contributed by atoms with E-state index >= 15 is 0 Å². The molecule has 0 atom stereocenters. The Morgan fingerprint density at radius 3 is 2.62 bits per heavy atom. The lowest BCUT2D eigenvalue weighted by atomic mass is 10.0. The Hall–Kier alpha value is -1.28. The van der Waals surface area contributed by atoms with Crippen LogP contribution >= 0.6 is 11.8 Å². The standard InChI is InChI=1S/C17H23NO2S/c1-17(2,11-10-16(19)21-4)18(3)12-13-20-14-15-8-6-5-7-9-15/h5-9H,12-14H2,1-4H3. The van der Waals surface area contributed by atoms with Crippen molar-refractivity contribution in [2.45, 2.75) is 26.0 Å². The van der Waals surface area contributed by atoms with Crippen LogP contribution in [0.5, 0.6) is 0 Å². The Kier molecular flexibility index (Phi) is 7.52. The van der Waals surface area contributed by atoms with Gasteiger partial charge in [0, 0.05) is 6.54 Å². The van der Waals surface area contributed by atoms with Crippen molar-refractivity contribution in [3.05, 3.63) is 35.9 Å². The van der Waals surface area contributed by atoms with Gasteiger partial charge >= 0.3 is 0 Å². The molecule has 0 saturated heterocycles. The van der Waals surface area contributed by atoms with E-state index in [2.05, 4.69) is 16.7 Å². The summed E-state index contributed by atoms with van der Waals surface area (Å²) >= 11 is 1.14. The van der Waals surface area contributed by atoms with Gasteiger partial charge in [-0.15, -0.1) is 0 Å². The fourth-order valence-electron chi connectivity index (χ4n) is 1.60. The number of hydrogen-bond donors (Lipinski definition) is 0. The number of ether oxygens (including phenoxy) is 1. The molecule has 0 fully saturated rings. The summed E-state index contributed by atoms with van der Waals surface area (Å²) in [4.78, 5) is 13.3. The molecule has 0 amide bonds. The highest BCUT2D eigenvalue weighted by molar-refractivity contribution is 8.13. The predicted octanol–water partition coefficient (Wildman–Crippen LogP) is 2.81. The van der Waals surface area contributed by atoms with E-state index in [1.165, 1.54) is 5.56 Å². The molecule has 0 spiro atoms. The molecule has 0 aliphatic rings. The van der Waals surface area contributed by atoms with E-state index in [1.807, 2.05) is 51.2 Å². The second kappa shape index (κ2) is 8.89. The Morgan fingerprint density at radius 1 is 1.33 bits per heavy atom. The molecule has 0 heterocycles. The third-order valence-electron chi connectivity index (χ3n) is 3.29. The average Bonchev–Trinajstić information content (AvgIpc) is 2.50. The quantitative estimate of drug-likeness (QED) is 0.597. The second-order valence-electron chi connectivity index (χ2n) is 5.26. The zero-order chi connectivity index (χ0) is 15.7. The lowest BCUT2D eigenvalue weighted by molar-refractivity contribution is -0.106. The first-order valence-corrected chi connectivity index (χ1v) is 8.12. The number of hydrogen-bond acceptors (Lipinski definition) is 4. The molecule has 1 rings (SSSR count). The Balaban J connectivity index is 2.36. The third kappa shape index (κ3) is 6.81. The van der Waals surface area contributed by atoms with E-state index in [4.69, 9.17) is 4.74 Å². The number of rotatable bonds is 6. The van der Waals surface area contributed by atoms with E-state index in [1.54, 1.807) is 6.26 Å². The third-order valence-corrected chi connectivity index (χ3v) is 3.77. The van der Waals surface area contributed by atoms with Crippen LogP contribution in [-0.4, -0.2) is 42.0 Å². The minimum absolute atomic E-state index is 0.100. The van der Waals surface area contributed by atoms with Crippen molar-refractivity contribution in [2.24, 2.45) is 0 Å². The molecule has 3 nitrogen and oxygen atoms in total. The molecule has 0 bridgehead atoms. The second-order valence-corrected chi connectivity index (χ2v) is 6.04. The molecular formula is C17H23NO2S. The van der Waals surface area contributed by atoms with Gasteiger partial charge in [-0.25, -0.2) is 0 Å². The molecule has 0 aliphatic carbocycles. The van der Waals surface area contributed by atoms with Crippen LogP contribution in [0.3, 0.4) is 0 Å². The Labute approximate surface area is 132 Å². The number of carbonyl (C=O) groups excluding carboxylic acids is 1. The van der Waals surface area contributed by atoms with Crippen molar-refractivity contribution in [3.63, 3.8) is 0 Å². The summed E-state index contributed by atoms with van der Waals surface area (Å²) in [6.07, 6.45) is 1.74. The normalized spacial score (nSPS) is 11.1. The molecular weight excluding hydrogens is 282 g/mol. The van der Waals surface area contributed by atoms with Crippen LogP contribution < -0.4 is 0 Å². The van der Waals surface area contributed by atoms with Crippen LogP contribution in [0.25, 0.3) is 0 Å². The monoisotopic (exact) mass is 305 g/mol. The maximum Gasteiger partial charge on any atom is 0.262 e. The lowest BCUT2D eigenvalue weighted by Gasteiger charge is -2.30. The fourth-order valence-corrected chi connectivity index (χ4v) is 1.75. The van der Waals surface area contributed by atoms with Gasteiger partial charge < -0.3 is 4.74 Å². The SMILES string of the molecule is CSC(=O)C#CC(C)(C)N(C)CCOCc1ccccc1. The molecule has 0 saturated carbocycles. The van der Waals surface area contributed by atoms with Crippen molar-refractivity contribution < 1.29 is 9.53 Å². The van der Waals surface area contributed by atoms with Gasteiger partial charge in [-0.2, -0.15) is 0 Å². The number of likely N-dealkylation sites (N-methyl/N-ethyl adjacent to an activating group) is 1. The molecule has 0 aromatic heterocycles. The summed E-state index contributed by atoms with van der Waals surface area (Å²) < 4.78 is 5.67. The van der Waals surface area contributed by atoms with Gasteiger partial charge in [-0.05, 0) is 38.6 Å². The summed E-state index contributed by atoms with van der Waals surface area (Å²) in [6.45, 7) is 6.02. The maximum atomic E-state index is 11.2. The van der Waals surface area contributed by atoms with Gasteiger partial charge in [0.2, 0.25) is 0 Å². The number of thioether (sulfide) groups is 1. The van der Waals surface area contributed by atoms with Gasteiger partial charge in [0.1, 0.15) is 0 Å². The largest absolute Gasteiger partial charge is 0.375 e. The molecule has 1 aromatic rings. The van der Waals surface area contributed by atoms with Crippen molar-refractivity contribution in [1.29, 1.82) is 0 Å².